The largest absolute Gasteiger partial charge is 0.309 e. The van der Waals surface area contributed by atoms with Crippen molar-refractivity contribution in [3.63, 3.8) is 0 Å². The van der Waals surface area contributed by atoms with Crippen molar-refractivity contribution >= 4 is 81.5 Å². The van der Waals surface area contributed by atoms with Crippen molar-refractivity contribution in [3.05, 3.63) is 39.1 Å². The highest BCUT2D eigenvalue weighted by Gasteiger charge is 2.35. The maximum Gasteiger partial charge on any atom is 0.252 e. The van der Waals surface area contributed by atoms with Crippen LogP contribution in [0.3, 0.4) is 0 Å². The second-order valence-corrected chi connectivity index (χ2v) is 14.3. The van der Waals surface area contributed by atoms with E-state index in [0.29, 0.717) is 41.9 Å². The first kappa shape index (κ1) is 26.0. The van der Waals surface area contributed by atoms with Crippen molar-refractivity contribution in [2.24, 2.45) is 5.92 Å². The lowest BCUT2D eigenvalue weighted by Crippen LogP contribution is -2.45. The Morgan fingerprint density at radius 1 is 1.18 bits per heavy atom. The van der Waals surface area contributed by atoms with Crippen LogP contribution in [0.5, 0.6) is 0 Å². The molecule has 12 heteroatoms. The number of thiazole rings is 1. The van der Waals surface area contributed by atoms with Gasteiger partial charge >= 0.3 is 0 Å². The van der Waals surface area contributed by atoms with Crippen LogP contribution in [0.25, 0.3) is 10.2 Å². The van der Waals surface area contributed by atoms with Crippen LogP contribution in [0.1, 0.15) is 19.3 Å². The maximum absolute atomic E-state index is 13.6. The van der Waals surface area contributed by atoms with Gasteiger partial charge in [0.1, 0.15) is 4.21 Å². The second kappa shape index (κ2) is 10.9. The topological polar surface area (TPSA) is 73.8 Å². The van der Waals surface area contributed by atoms with E-state index in [1.165, 1.54) is 21.7 Å². The Hall–Kier alpha value is -1.08. The van der Waals surface area contributed by atoms with E-state index < -0.39 is 10.0 Å². The summed E-state index contributed by atoms with van der Waals surface area (Å²) >= 11 is 12.0. The number of hydrogen-bond donors (Lipinski definition) is 0. The number of hydrogen-bond acceptors (Lipinski definition) is 7. The van der Waals surface area contributed by atoms with Crippen LogP contribution in [-0.2, 0) is 14.8 Å². The first-order valence-corrected chi connectivity index (χ1v) is 15.2. The van der Waals surface area contributed by atoms with Gasteiger partial charge < -0.3 is 4.90 Å². The monoisotopic (exact) mass is 604 g/mol. The van der Waals surface area contributed by atoms with Gasteiger partial charge in [-0.1, -0.05) is 38.9 Å². The molecular weight excluding hydrogens is 580 g/mol. The minimum Gasteiger partial charge on any atom is -0.309 e. The van der Waals surface area contributed by atoms with Gasteiger partial charge in [-0.2, -0.15) is 4.31 Å². The van der Waals surface area contributed by atoms with Crippen molar-refractivity contribution in [2.45, 2.75) is 23.5 Å². The molecule has 34 heavy (non-hydrogen) atoms. The van der Waals surface area contributed by atoms with E-state index in [4.69, 9.17) is 16.6 Å². The molecule has 0 N–H and O–H groups in total. The molecule has 184 valence electrons. The number of sulfonamides is 1. The molecule has 1 aliphatic heterocycles. The molecule has 1 aromatic carbocycles. The SMILES string of the molecule is CN(C)CCCN(C(=O)C1CCN(S(=O)(=O)c2ccc(Cl)s2)CC1)c1nc2ccc(Br)cc2s1. The number of carbonyl (C=O) groups is 1. The van der Waals surface area contributed by atoms with Crippen molar-refractivity contribution in [1.82, 2.24) is 14.2 Å². The number of carbonyl (C=O) groups excluding carboxylic acids is 1. The van der Waals surface area contributed by atoms with E-state index in [-0.39, 0.29) is 16.0 Å². The summed E-state index contributed by atoms with van der Waals surface area (Å²) in [6.07, 6.45) is 1.79. The number of nitrogens with zero attached hydrogens (tertiary/aromatic N) is 4. The van der Waals surface area contributed by atoms with E-state index in [1.807, 2.05) is 32.3 Å². The number of halogens is 2. The first-order chi connectivity index (χ1) is 16.1. The van der Waals surface area contributed by atoms with Gasteiger partial charge in [-0.25, -0.2) is 13.4 Å². The lowest BCUT2D eigenvalue weighted by atomic mass is 9.96. The highest BCUT2D eigenvalue weighted by molar-refractivity contribution is 9.10. The lowest BCUT2D eigenvalue weighted by molar-refractivity contribution is -0.123. The summed E-state index contributed by atoms with van der Waals surface area (Å²) in [4.78, 5) is 22.3. The third kappa shape index (κ3) is 5.83. The summed E-state index contributed by atoms with van der Waals surface area (Å²) in [7, 11) is 0.439. The van der Waals surface area contributed by atoms with Crippen LogP contribution in [0.2, 0.25) is 4.34 Å². The van der Waals surface area contributed by atoms with Crippen LogP contribution in [-0.4, -0.2) is 68.8 Å². The molecule has 7 nitrogen and oxygen atoms in total. The minimum absolute atomic E-state index is 0.0214. The Morgan fingerprint density at radius 3 is 2.56 bits per heavy atom. The Labute approximate surface area is 221 Å². The Balaban J connectivity index is 1.50. The molecule has 3 aromatic rings. The molecule has 0 unspecified atom stereocenters. The number of thiophene rings is 1. The number of piperidine rings is 1. The Bertz CT molecular complexity index is 1270. The Kier molecular flexibility index (Phi) is 8.33. The quantitative estimate of drug-likeness (QED) is 0.355. The van der Waals surface area contributed by atoms with Crippen LogP contribution in [0.4, 0.5) is 5.13 Å². The number of benzene rings is 1. The molecule has 0 atom stereocenters. The van der Waals surface area contributed by atoms with Crippen LogP contribution >= 0.6 is 50.2 Å². The Morgan fingerprint density at radius 2 is 1.91 bits per heavy atom. The first-order valence-electron chi connectivity index (χ1n) is 10.9. The van der Waals surface area contributed by atoms with Crippen LogP contribution in [0, 0.1) is 5.92 Å². The van der Waals surface area contributed by atoms with Gasteiger partial charge in [0.2, 0.25) is 5.91 Å². The molecule has 3 heterocycles. The molecule has 0 bridgehead atoms. The fraction of sp³-hybridized carbons (Fsp3) is 0.455. The average Bonchev–Trinajstić information content (AvgIpc) is 3.42. The van der Waals surface area contributed by atoms with Crippen LogP contribution in [0.15, 0.2) is 39.0 Å². The average molecular weight is 606 g/mol. The molecule has 1 fully saturated rings. The maximum atomic E-state index is 13.6. The van der Waals surface area contributed by atoms with Crippen molar-refractivity contribution in [3.8, 4) is 0 Å². The predicted octanol–water partition coefficient (Wildman–Crippen LogP) is 5.16. The summed E-state index contributed by atoms with van der Waals surface area (Å²) in [6, 6.07) is 9.04. The fourth-order valence-electron chi connectivity index (χ4n) is 3.97. The van der Waals surface area contributed by atoms with Crippen molar-refractivity contribution in [2.75, 3.05) is 45.2 Å². The standard InChI is InChI=1S/C22H26BrClN4O3S3/c1-26(2)10-3-11-28(22-25-17-5-4-16(23)14-18(17)32-22)21(29)15-8-12-27(13-9-15)34(30,31)20-7-6-19(24)33-20/h4-7,14-15H,3,8-13H2,1-2H3. The van der Waals surface area contributed by atoms with E-state index in [2.05, 4.69) is 20.8 Å². The van der Waals surface area contributed by atoms with Crippen molar-refractivity contribution < 1.29 is 13.2 Å². The normalized spacial score (nSPS) is 15.9. The van der Waals surface area contributed by atoms with Crippen LogP contribution < -0.4 is 4.90 Å². The summed E-state index contributed by atoms with van der Waals surface area (Å²) in [5.41, 5.74) is 0.865. The lowest BCUT2D eigenvalue weighted by Gasteiger charge is -2.32. The summed E-state index contributed by atoms with van der Waals surface area (Å²) in [5, 5.41) is 0.695. The van der Waals surface area contributed by atoms with Gasteiger partial charge in [-0.05, 0) is 70.2 Å². The molecule has 1 aliphatic rings. The molecule has 0 spiro atoms. The number of amides is 1. The highest BCUT2D eigenvalue weighted by atomic mass is 79.9. The van der Waals surface area contributed by atoms with Gasteiger partial charge in [0.25, 0.3) is 10.0 Å². The molecular formula is C22H26BrClN4O3S3. The number of fused-ring (bicyclic) bond motifs is 1. The van der Waals surface area contributed by atoms with E-state index >= 15 is 0 Å². The van der Waals surface area contributed by atoms with Gasteiger partial charge in [0.15, 0.2) is 5.13 Å². The second-order valence-electron chi connectivity index (χ2n) is 8.49. The molecule has 2 aromatic heterocycles. The summed E-state index contributed by atoms with van der Waals surface area (Å²) in [5.74, 6) is -0.218. The predicted molar refractivity (Wildman–Crippen MR) is 144 cm³/mol. The molecule has 1 amide bonds. The van der Waals surface area contributed by atoms with Gasteiger partial charge in [-0.15, -0.1) is 11.3 Å². The zero-order valence-corrected chi connectivity index (χ0v) is 23.7. The highest BCUT2D eigenvalue weighted by Crippen LogP contribution is 2.34. The molecule has 0 saturated carbocycles. The van der Waals surface area contributed by atoms with E-state index in [0.717, 1.165) is 39.0 Å². The number of rotatable bonds is 8. The van der Waals surface area contributed by atoms with E-state index in [9.17, 15) is 13.2 Å². The fourth-order valence-corrected chi connectivity index (χ4v) is 8.63. The van der Waals surface area contributed by atoms with Crippen molar-refractivity contribution in [1.29, 1.82) is 0 Å². The van der Waals surface area contributed by atoms with Gasteiger partial charge in [0.05, 0.1) is 14.6 Å². The molecule has 0 radical (unpaired) electrons. The number of aromatic nitrogens is 1. The van der Waals surface area contributed by atoms with E-state index in [1.54, 1.807) is 11.0 Å². The van der Waals surface area contributed by atoms with Gasteiger partial charge in [0, 0.05) is 30.0 Å². The zero-order chi connectivity index (χ0) is 24.5. The summed E-state index contributed by atoms with van der Waals surface area (Å²) in [6.45, 7) is 2.06. The smallest absolute Gasteiger partial charge is 0.252 e. The molecule has 4 rings (SSSR count). The third-order valence-corrected chi connectivity index (χ3v) is 10.9. The molecule has 0 aliphatic carbocycles. The summed E-state index contributed by atoms with van der Waals surface area (Å²) < 4.78 is 30.0. The minimum atomic E-state index is -3.59. The third-order valence-electron chi connectivity index (χ3n) is 5.77. The van der Waals surface area contributed by atoms with Gasteiger partial charge in [-0.3, -0.25) is 9.69 Å². The molecule has 1 saturated heterocycles. The zero-order valence-electron chi connectivity index (χ0n) is 18.9. The number of anilines is 1.